The van der Waals surface area contributed by atoms with Gasteiger partial charge in [-0.15, -0.1) is 0 Å². The van der Waals surface area contributed by atoms with Gasteiger partial charge in [0.25, 0.3) is 0 Å². The van der Waals surface area contributed by atoms with Crippen molar-refractivity contribution in [3.8, 4) is 0 Å². The summed E-state index contributed by atoms with van der Waals surface area (Å²) in [6, 6.07) is 2.46. The van der Waals surface area contributed by atoms with Gasteiger partial charge in [0, 0.05) is 13.1 Å². The second kappa shape index (κ2) is 6.15. The van der Waals surface area contributed by atoms with Gasteiger partial charge in [-0.3, -0.25) is 14.4 Å². The van der Waals surface area contributed by atoms with Crippen LogP contribution in [0.15, 0.2) is 6.07 Å². The molecule has 6 nitrogen and oxygen atoms in total. The summed E-state index contributed by atoms with van der Waals surface area (Å²) in [7, 11) is 0. The number of aromatic nitrogens is 2. The standard InChI is InChI=1S/C15H24N4O2/c1-11(18-7-3-12(4-8-18)15(20)21)14-9-13-10-16-5-2-6-19(13)17-14/h9,11-12,16H,2-8,10H2,1H3,(H,20,21). The van der Waals surface area contributed by atoms with Gasteiger partial charge in [0.1, 0.15) is 0 Å². The molecule has 6 heteroatoms. The summed E-state index contributed by atoms with van der Waals surface area (Å²) in [6.45, 7) is 6.79. The number of nitrogens with one attached hydrogen (secondary N) is 1. The zero-order chi connectivity index (χ0) is 14.8. The molecule has 0 saturated carbocycles. The highest BCUT2D eigenvalue weighted by Gasteiger charge is 2.28. The van der Waals surface area contributed by atoms with Crippen LogP contribution in [0.5, 0.6) is 0 Å². The van der Waals surface area contributed by atoms with Crippen LogP contribution < -0.4 is 5.32 Å². The number of likely N-dealkylation sites (tertiary alicyclic amines) is 1. The minimum absolute atomic E-state index is 0.170. The highest BCUT2D eigenvalue weighted by molar-refractivity contribution is 5.70. The van der Waals surface area contributed by atoms with Gasteiger partial charge >= 0.3 is 5.97 Å². The van der Waals surface area contributed by atoms with Crippen molar-refractivity contribution in [1.82, 2.24) is 20.0 Å². The molecule has 1 unspecified atom stereocenters. The lowest BCUT2D eigenvalue weighted by molar-refractivity contribution is -0.143. The molecule has 1 aromatic heterocycles. The van der Waals surface area contributed by atoms with Gasteiger partial charge in [-0.25, -0.2) is 0 Å². The van der Waals surface area contributed by atoms with E-state index >= 15 is 0 Å². The Morgan fingerprint density at radius 3 is 2.90 bits per heavy atom. The van der Waals surface area contributed by atoms with E-state index < -0.39 is 5.97 Å². The minimum atomic E-state index is -0.651. The van der Waals surface area contributed by atoms with Gasteiger partial charge in [-0.05, 0) is 51.9 Å². The van der Waals surface area contributed by atoms with Crippen molar-refractivity contribution in [2.24, 2.45) is 5.92 Å². The summed E-state index contributed by atoms with van der Waals surface area (Å²) in [5, 5.41) is 17.2. The van der Waals surface area contributed by atoms with Crippen LogP contribution in [-0.4, -0.2) is 45.4 Å². The molecule has 1 fully saturated rings. The average molecular weight is 292 g/mol. The number of fused-ring (bicyclic) bond motifs is 1. The number of nitrogens with zero attached hydrogens (tertiary/aromatic N) is 3. The van der Waals surface area contributed by atoms with Gasteiger partial charge in [0.15, 0.2) is 0 Å². The number of hydrogen-bond donors (Lipinski definition) is 2. The molecule has 3 heterocycles. The molecule has 2 N–H and O–H groups in total. The number of piperidine rings is 1. The number of hydrogen-bond acceptors (Lipinski definition) is 4. The van der Waals surface area contributed by atoms with E-state index in [9.17, 15) is 4.79 Å². The van der Waals surface area contributed by atoms with Crippen molar-refractivity contribution in [1.29, 1.82) is 0 Å². The van der Waals surface area contributed by atoms with Crippen LogP contribution in [0, 0.1) is 5.92 Å². The van der Waals surface area contributed by atoms with E-state index in [-0.39, 0.29) is 12.0 Å². The Balaban J connectivity index is 1.66. The van der Waals surface area contributed by atoms with Crippen molar-refractivity contribution in [3.63, 3.8) is 0 Å². The van der Waals surface area contributed by atoms with E-state index in [1.807, 2.05) is 0 Å². The summed E-state index contributed by atoms with van der Waals surface area (Å²) >= 11 is 0. The first-order valence-corrected chi connectivity index (χ1v) is 7.89. The normalized spacial score (nSPS) is 22.5. The third-order valence-electron chi connectivity index (χ3n) is 4.77. The number of carboxylic acid groups (broad SMARTS) is 1. The van der Waals surface area contributed by atoms with Gasteiger partial charge in [0.05, 0.1) is 23.3 Å². The van der Waals surface area contributed by atoms with Gasteiger partial charge < -0.3 is 10.4 Å². The number of carbonyl (C=O) groups is 1. The van der Waals surface area contributed by atoms with E-state index in [1.165, 1.54) is 5.69 Å². The lowest BCUT2D eigenvalue weighted by atomic mass is 9.96. The van der Waals surface area contributed by atoms with Crippen molar-refractivity contribution < 1.29 is 9.90 Å². The summed E-state index contributed by atoms with van der Waals surface area (Å²) in [5.41, 5.74) is 2.37. The summed E-state index contributed by atoms with van der Waals surface area (Å²) < 4.78 is 2.12. The fourth-order valence-corrected chi connectivity index (χ4v) is 3.31. The molecule has 0 bridgehead atoms. The quantitative estimate of drug-likeness (QED) is 0.877. The first-order chi connectivity index (χ1) is 10.1. The van der Waals surface area contributed by atoms with Crippen LogP contribution in [0.3, 0.4) is 0 Å². The van der Waals surface area contributed by atoms with Gasteiger partial charge in [0.2, 0.25) is 0 Å². The molecular formula is C15H24N4O2. The molecule has 1 saturated heterocycles. The lowest BCUT2D eigenvalue weighted by Gasteiger charge is -2.33. The van der Waals surface area contributed by atoms with Crippen molar-refractivity contribution in [2.45, 2.75) is 45.3 Å². The largest absolute Gasteiger partial charge is 0.481 e. The monoisotopic (exact) mass is 292 g/mol. The van der Waals surface area contributed by atoms with Gasteiger partial charge in [-0.1, -0.05) is 0 Å². The molecule has 2 aliphatic heterocycles. The maximum Gasteiger partial charge on any atom is 0.306 e. The van der Waals surface area contributed by atoms with E-state index in [0.717, 1.165) is 57.7 Å². The number of aliphatic carboxylic acids is 1. The fraction of sp³-hybridized carbons (Fsp3) is 0.733. The molecular weight excluding hydrogens is 268 g/mol. The smallest absolute Gasteiger partial charge is 0.306 e. The van der Waals surface area contributed by atoms with Gasteiger partial charge in [-0.2, -0.15) is 5.10 Å². The molecule has 1 atom stereocenters. The van der Waals surface area contributed by atoms with Crippen LogP contribution in [0.4, 0.5) is 0 Å². The molecule has 0 amide bonds. The fourth-order valence-electron chi connectivity index (χ4n) is 3.31. The van der Waals surface area contributed by atoms with E-state index in [0.29, 0.717) is 0 Å². The molecule has 116 valence electrons. The molecule has 0 aliphatic carbocycles. The third-order valence-corrected chi connectivity index (χ3v) is 4.77. The van der Waals surface area contributed by atoms with Crippen molar-refractivity contribution >= 4 is 5.97 Å². The number of aryl methyl sites for hydroxylation is 1. The Morgan fingerprint density at radius 1 is 1.43 bits per heavy atom. The van der Waals surface area contributed by atoms with Crippen molar-refractivity contribution in [3.05, 3.63) is 17.5 Å². The summed E-state index contributed by atoms with van der Waals surface area (Å²) in [5.74, 6) is -0.821. The molecule has 21 heavy (non-hydrogen) atoms. The minimum Gasteiger partial charge on any atom is -0.481 e. The number of carboxylic acids is 1. The highest BCUT2D eigenvalue weighted by atomic mass is 16.4. The predicted molar refractivity (Wildman–Crippen MR) is 78.9 cm³/mol. The first kappa shape index (κ1) is 14.5. The Labute approximate surface area is 125 Å². The van der Waals surface area contributed by atoms with Crippen LogP contribution in [-0.2, 0) is 17.9 Å². The second-order valence-corrected chi connectivity index (χ2v) is 6.14. The molecule has 0 spiro atoms. The average Bonchev–Trinajstić information content (AvgIpc) is 2.77. The zero-order valence-corrected chi connectivity index (χ0v) is 12.6. The van der Waals surface area contributed by atoms with E-state index in [4.69, 9.17) is 10.2 Å². The molecule has 3 rings (SSSR count). The Kier molecular flexibility index (Phi) is 4.26. The molecule has 0 aromatic carbocycles. The Bertz CT molecular complexity index is 482. The zero-order valence-electron chi connectivity index (χ0n) is 12.6. The predicted octanol–water partition coefficient (Wildman–Crippen LogP) is 1.23. The SMILES string of the molecule is CC(c1cc2n(n1)CCCNC2)N1CCC(C(=O)O)CC1. The molecule has 1 aromatic rings. The summed E-state index contributed by atoms with van der Waals surface area (Å²) in [4.78, 5) is 13.4. The maximum atomic E-state index is 11.0. The highest BCUT2D eigenvalue weighted by Crippen LogP contribution is 2.26. The third kappa shape index (κ3) is 3.11. The van der Waals surface area contributed by atoms with Crippen molar-refractivity contribution in [2.75, 3.05) is 19.6 Å². The second-order valence-electron chi connectivity index (χ2n) is 6.14. The molecule has 2 aliphatic rings. The Morgan fingerprint density at radius 2 is 2.19 bits per heavy atom. The van der Waals surface area contributed by atoms with E-state index in [1.54, 1.807) is 0 Å². The topological polar surface area (TPSA) is 70.4 Å². The first-order valence-electron chi connectivity index (χ1n) is 7.89. The Hall–Kier alpha value is -1.40. The lowest BCUT2D eigenvalue weighted by Crippen LogP contribution is -2.38. The van der Waals surface area contributed by atoms with Crippen LogP contribution >= 0.6 is 0 Å². The van der Waals surface area contributed by atoms with Crippen LogP contribution in [0.1, 0.15) is 43.6 Å². The number of rotatable bonds is 3. The summed E-state index contributed by atoms with van der Waals surface area (Å²) in [6.07, 6.45) is 2.61. The maximum absolute atomic E-state index is 11.0. The molecule has 0 radical (unpaired) electrons. The van der Waals surface area contributed by atoms with E-state index in [2.05, 4.69) is 27.9 Å². The van der Waals surface area contributed by atoms with Crippen LogP contribution in [0.2, 0.25) is 0 Å². The van der Waals surface area contributed by atoms with Crippen LogP contribution in [0.25, 0.3) is 0 Å².